The highest BCUT2D eigenvalue weighted by Crippen LogP contribution is 2.41. The molecule has 0 amide bonds. The summed E-state index contributed by atoms with van der Waals surface area (Å²) in [5, 5.41) is 13.9. The molecule has 1 fully saturated rings. The fraction of sp³-hybridized carbons (Fsp3) is 0.700. The maximum absolute atomic E-state index is 10.2. The molecular weight excluding hydrogens is 232 g/mol. The van der Waals surface area contributed by atoms with Crippen LogP contribution in [0.25, 0.3) is 0 Å². The lowest BCUT2D eigenvalue weighted by Crippen LogP contribution is -2.51. The zero-order chi connectivity index (χ0) is 10.9. The molecule has 0 bridgehead atoms. The normalized spacial score (nSPS) is 31.8. The van der Waals surface area contributed by atoms with Crippen molar-refractivity contribution in [2.45, 2.75) is 37.3 Å². The molecule has 3 nitrogen and oxygen atoms in total. The van der Waals surface area contributed by atoms with Gasteiger partial charge in [0.05, 0.1) is 22.0 Å². The van der Waals surface area contributed by atoms with Gasteiger partial charge in [0.15, 0.2) is 0 Å². The third kappa shape index (κ3) is 1.80. The minimum absolute atomic E-state index is 0.366. The quantitative estimate of drug-likeness (QED) is 0.841. The number of halogens is 1. The van der Waals surface area contributed by atoms with E-state index >= 15 is 0 Å². The molecule has 0 spiro atoms. The highest BCUT2D eigenvalue weighted by Gasteiger charge is 2.42. The SMILES string of the molecule is CN[C@]1(c2scnc2Cl)CCCCC1O. The van der Waals surface area contributed by atoms with Crippen molar-refractivity contribution in [1.82, 2.24) is 10.3 Å². The van der Waals surface area contributed by atoms with Crippen LogP contribution in [0.5, 0.6) is 0 Å². The van der Waals surface area contributed by atoms with Gasteiger partial charge in [-0.15, -0.1) is 11.3 Å². The standard InChI is InChI=1S/C10H15ClN2OS/c1-12-10(5-3-2-4-7(10)14)8-9(11)13-6-15-8/h6-7,12,14H,2-5H2,1H3/t7?,10-/m1/s1. The zero-order valence-electron chi connectivity index (χ0n) is 8.66. The van der Waals surface area contributed by atoms with Gasteiger partial charge in [-0.1, -0.05) is 24.4 Å². The molecule has 1 aliphatic carbocycles. The Hall–Kier alpha value is -0.160. The average Bonchev–Trinajstić information content (AvgIpc) is 2.66. The Morgan fingerprint density at radius 1 is 1.67 bits per heavy atom. The molecule has 84 valence electrons. The predicted octanol–water partition coefficient (Wildman–Crippen LogP) is 2.15. The van der Waals surface area contributed by atoms with Crippen molar-refractivity contribution in [2.75, 3.05) is 7.05 Å². The second-order valence-corrected chi connectivity index (χ2v) is 5.17. The molecule has 5 heteroatoms. The van der Waals surface area contributed by atoms with Gasteiger partial charge in [0.1, 0.15) is 5.15 Å². The molecule has 0 aromatic carbocycles. The van der Waals surface area contributed by atoms with Crippen LogP contribution in [0.2, 0.25) is 5.15 Å². The van der Waals surface area contributed by atoms with Gasteiger partial charge in [0.2, 0.25) is 0 Å². The zero-order valence-corrected chi connectivity index (χ0v) is 10.2. The van der Waals surface area contributed by atoms with Gasteiger partial charge in [-0.3, -0.25) is 0 Å². The Morgan fingerprint density at radius 2 is 2.47 bits per heavy atom. The maximum Gasteiger partial charge on any atom is 0.145 e. The molecule has 1 saturated carbocycles. The second-order valence-electron chi connectivity index (χ2n) is 3.96. The highest BCUT2D eigenvalue weighted by atomic mass is 35.5. The number of aromatic nitrogens is 1. The van der Waals surface area contributed by atoms with Crippen LogP contribution in [0, 0.1) is 0 Å². The molecular formula is C10H15ClN2OS. The first-order valence-electron chi connectivity index (χ1n) is 5.17. The number of hydrogen-bond acceptors (Lipinski definition) is 4. The van der Waals surface area contributed by atoms with E-state index in [0.29, 0.717) is 5.15 Å². The van der Waals surface area contributed by atoms with E-state index in [2.05, 4.69) is 10.3 Å². The number of aliphatic hydroxyl groups excluding tert-OH is 1. The van der Waals surface area contributed by atoms with E-state index in [-0.39, 0.29) is 11.6 Å². The van der Waals surface area contributed by atoms with Crippen LogP contribution in [-0.4, -0.2) is 23.2 Å². The van der Waals surface area contributed by atoms with Crippen molar-refractivity contribution in [3.63, 3.8) is 0 Å². The van der Waals surface area contributed by atoms with Crippen molar-refractivity contribution >= 4 is 22.9 Å². The van der Waals surface area contributed by atoms with Crippen LogP contribution in [0.1, 0.15) is 30.6 Å². The van der Waals surface area contributed by atoms with E-state index in [1.165, 1.54) is 11.3 Å². The average molecular weight is 247 g/mol. The minimum atomic E-state index is -0.378. The topological polar surface area (TPSA) is 45.2 Å². The van der Waals surface area contributed by atoms with Gasteiger partial charge < -0.3 is 10.4 Å². The highest BCUT2D eigenvalue weighted by molar-refractivity contribution is 7.10. The summed E-state index contributed by atoms with van der Waals surface area (Å²) >= 11 is 7.57. The Bertz CT molecular complexity index is 344. The first-order valence-corrected chi connectivity index (χ1v) is 6.43. The Balaban J connectivity index is 2.39. The lowest BCUT2D eigenvalue weighted by Gasteiger charge is -2.40. The summed E-state index contributed by atoms with van der Waals surface area (Å²) in [7, 11) is 1.88. The van der Waals surface area contributed by atoms with Gasteiger partial charge in [0.25, 0.3) is 0 Å². The summed E-state index contributed by atoms with van der Waals surface area (Å²) < 4.78 is 0. The van der Waals surface area contributed by atoms with E-state index in [4.69, 9.17) is 11.6 Å². The number of hydrogen-bond donors (Lipinski definition) is 2. The van der Waals surface area contributed by atoms with Gasteiger partial charge in [-0.2, -0.15) is 0 Å². The molecule has 2 N–H and O–H groups in total. The number of aliphatic hydroxyl groups is 1. The van der Waals surface area contributed by atoms with Crippen LogP contribution >= 0.6 is 22.9 Å². The fourth-order valence-electron chi connectivity index (χ4n) is 2.35. The number of nitrogens with zero attached hydrogens (tertiary/aromatic N) is 1. The van der Waals surface area contributed by atoms with Crippen molar-refractivity contribution in [1.29, 1.82) is 0 Å². The first kappa shape index (κ1) is 11.3. The van der Waals surface area contributed by atoms with Crippen molar-refractivity contribution in [3.8, 4) is 0 Å². The molecule has 0 radical (unpaired) electrons. The molecule has 0 saturated heterocycles. The predicted molar refractivity (Wildman–Crippen MR) is 62.3 cm³/mol. The first-order chi connectivity index (χ1) is 7.20. The number of rotatable bonds is 2. The van der Waals surface area contributed by atoms with Crippen molar-refractivity contribution in [3.05, 3.63) is 15.5 Å². The van der Waals surface area contributed by atoms with Crippen LogP contribution in [-0.2, 0) is 5.54 Å². The molecule has 2 atom stereocenters. The second kappa shape index (κ2) is 4.37. The molecule has 0 aliphatic heterocycles. The summed E-state index contributed by atoms with van der Waals surface area (Å²) in [6.07, 6.45) is 3.59. The monoisotopic (exact) mass is 246 g/mol. The van der Waals surface area contributed by atoms with Crippen LogP contribution in [0.3, 0.4) is 0 Å². The van der Waals surface area contributed by atoms with E-state index in [0.717, 1.165) is 30.6 Å². The van der Waals surface area contributed by atoms with Gasteiger partial charge in [0, 0.05) is 0 Å². The molecule has 1 aromatic heterocycles. The Morgan fingerprint density at radius 3 is 3.00 bits per heavy atom. The van der Waals surface area contributed by atoms with Crippen molar-refractivity contribution in [2.24, 2.45) is 0 Å². The summed E-state index contributed by atoms with van der Waals surface area (Å²) in [5.74, 6) is 0. The van der Waals surface area contributed by atoms with E-state index in [1.54, 1.807) is 5.51 Å². The van der Waals surface area contributed by atoms with Crippen LogP contribution < -0.4 is 5.32 Å². The Kier molecular flexibility index (Phi) is 3.30. The van der Waals surface area contributed by atoms with Crippen LogP contribution in [0.4, 0.5) is 0 Å². The van der Waals surface area contributed by atoms with Gasteiger partial charge in [-0.25, -0.2) is 4.98 Å². The lowest BCUT2D eigenvalue weighted by molar-refractivity contribution is 0.0273. The lowest BCUT2D eigenvalue weighted by atomic mass is 9.78. The molecule has 1 heterocycles. The summed E-state index contributed by atoms with van der Waals surface area (Å²) in [5.41, 5.74) is 1.36. The summed E-state index contributed by atoms with van der Waals surface area (Å²) in [6.45, 7) is 0. The van der Waals surface area contributed by atoms with E-state index in [1.807, 2.05) is 7.05 Å². The minimum Gasteiger partial charge on any atom is -0.391 e. The smallest absolute Gasteiger partial charge is 0.145 e. The maximum atomic E-state index is 10.2. The number of likely N-dealkylation sites (N-methyl/N-ethyl adjacent to an activating group) is 1. The largest absolute Gasteiger partial charge is 0.391 e. The van der Waals surface area contributed by atoms with Crippen LogP contribution in [0.15, 0.2) is 5.51 Å². The third-order valence-corrected chi connectivity index (χ3v) is 4.65. The van der Waals surface area contributed by atoms with Gasteiger partial charge in [-0.05, 0) is 19.9 Å². The molecule has 1 aromatic rings. The summed E-state index contributed by atoms with van der Waals surface area (Å²) in [6, 6.07) is 0. The molecule has 1 unspecified atom stereocenters. The molecule has 15 heavy (non-hydrogen) atoms. The Labute approximate surface area is 98.5 Å². The van der Waals surface area contributed by atoms with Gasteiger partial charge >= 0.3 is 0 Å². The number of thiazole rings is 1. The number of nitrogens with one attached hydrogen (secondary N) is 1. The van der Waals surface area contributed by atoms with E-state index < -0.39 is 0 Å². The van der Waals surface area contributed by atoms with E-state index in [9.17, 15) is 5.11 Å². The summed E-state index contributed by atoms with van der Waals surface area (Å²) in [4.78, 5) is 5.02. The fourth-order valence-corrected chi connectivity index (χ4v) is 3.72. The molecule has 1 aliphatic rings. The van der Waals surface area contributed by atoms with Crippen molar-refractivity contribution < 1.29 is 5.11 Å². The third-order valence-electron chi connectivity index (χ3n) is 3.24. The molecule has 2 rings (SSSR count).